The Morgan fingerprint density at radius 3 is 1.48 bits per heavy atom. The average molecular weight is 724 g/mol. The van der Waals surface area contributed by atoms with Crippen LogP contribution in [-0.2, 0) is 0 Å². The predicted octanol–water partition coefficient (Wildman–Crippen LogP) is 4.86. The van der Waals surface area contributed by atoms with Crippen LogP contribution in [0.2, 0.25) is 0 Å². The van der Waals surface area contributed by atoms with Gasteiger partial charge in [-0.25, -0.2) is 9.59 Å². The largest absolute Gasteiger partial charge is 0.0534 e. The summed E-state index contributed by atoms with van der Waals surface area (Å²) in [6.07, 6.45) is 0. The first-order chi connectivity index (χ1) is 22.3. The third kappa shape index (κ3) is 6.87. The number of ether oxygens (including phenoxy) is 4. The number of methoxy groups -OCH3 is 1. The van der Waals surface area contributed by atoms with Gasteiger partial charge in [-0.1, -0.05) is 12.1 Å². The molecule has 6 rings (SSSR count). The van der Waals surface area contributed by atoms with Gasteiger partial charge in [-0.05, 0) is 59.3 Å². The van der Waals surface area contributed by atoms with Crippen LogP contribution in [0.25, 0.3) is 21.5 Å². The zero-order valence-electron chi connectivity index (χ0n) is 25.2. The van der Waals surface area contributed by atoms with Gasteiger partial charge in [-0.2, -0.15) is 0 Å². The van der Waals surface area contributed by atoms with Crippen molar-refractivity contribution in [2.45, 2.75) is 6.92 Å². The number of carbonyl (C=O) groups excluding carboxylic acids is 3. The first-order valence-electron chi connectivity index (χ1n) is 14.3. The van der Waals surface area contributed by atoms with Gasteiger partial charge in [0.15, 0.2) is 0 Å². The van der Waals surface area contributed by atoms with Crippen molar-refractivity contribution in [3.8, 4) is 23.0 Å². The molecule has 7 nitrogen and oxygen atoms in total. The van der Waals surface area contributed by atoms with Crippen molar-refractivity contribution in [1.82, 2.24) is 0 Å². The maximum Gasteiger partial charge on any atom is -0.0113 e. The molecule has 0 heterocycles. The van der Waals surface area contributed by atoms with E-state index in [1.807, 2.05) is 19.1 Å². The molecule has 0 unspecified atom stereocenters. The van der Waals surface area contributed by atoms with Crippen molar-refractivity contribution in [2.75, 3.05) is 12.0 Å². The summed E-state index contributed by atoms with van der Waals surface area (Å²) in [6, 6.07) is 33.5. The molecule has 46 heavy (non-hydrogen) atoms. The molecular weight excluding hydrogens is 695 g/mol. The van der Waals surface area contributed by atoms with E-state index in [9.17, 15) is 14.4 Å². The zero-order valence-corrected chi connectivity index (χ0v) is 27.4. The summed E-state index contributed by atoms with van der Waals surface area (Å²) in [5.74, 6) is 0.538. The summed E-state index contributed by atoms with van der Waals surface area (Å²) >= 11 is -0.0354. The molecule has 0 radical (unpaired) electrons. The molecule has 0 aliphatic carbocycles. The molecular formula is C38H28IO7-. The fourth-order valence-electron chi connectivity index (χ4n) is 4.89. The minimum Gasteiger partial charge on any atom is -0.0534 e. The van der Waals surface area contributed by atoms with Crippen molar-refractivity contribution in [3.63, 3.8) is 0 Å². The Hall–Kier alpha value is -5.22. The average Bonchev–Trinajstić information content (AvgIpc) is 3.08. The standard InChI is InChI=1S/C38H28IO7/c1-23-18-31(39-2)12-17-35(23)46-38(42)30-7-5-28-22-34(16-11-26(28)20-30)45-37(41)29-6-4-27-21-33(15-10-25(27)19-29)44-36(40)24-8-13-32(43-3)14-9-24/h4-22H,1-3H3/q-1. The maximum atomic E-state index is 13.0. The second kappa shape index (κ2) is 13.4. The summed E-state index contributed by atoms with van der Waals surface area (Å²) in [6.45, 7) is 1.94. The second-order valence-corrected chi connectivity index (χ2v) is 12.8. The third-order valence-electron chi connectivity index (χ3n) is 7.40. The van der Waals surface area contributed by atoms with E-state index in [2.05, 4.69) is 11.0 Å². The van der Waals surface area contributed by atoms with Crippen molar-refractivity contribution in [3.05, 3.63) is 141 Å². The van der Waals surface area contributed by atoms with Gasteiger partial charge in [-0.15, -0.1) is 0 Å². The Morgan fingerprint density at radius 1 is 0.500 bits per heavy atom. The van der Waals surface area contributed by atoms with E-state index < -0.39 is 17.9 Å². The number of halogens is 1. The van der Waals surface area contributed by atoms with E-state index in [-0.39, 0.29) is 21.2 Å². The van der Waals surface area contributed by atoms with Crippen LogP contribution in [0.15, 0.2) is 115 Å². The molecule has 6 aromatic rings. The van der Waals surface area contributed by atoms with Crippen molar-refractivity contribution in [1.29, 1.82) is 0 Å². The number of fused-ring (bicyclic) bond motifs is 2. The minimum atomic E-state index is -0.511. The summed E-state index contributed by atoms with van der Waals surface area (Å²) in [4.78, 5) is 40.6. The van der Waals surface area contributed by atoms with Crippen LogP contribution >= 0.6 is 0 Å². The van der Waals surface area contributed by atoms with E-state index in [4.69, 9.17) is 18.9 Å². The van der Waals surface area contributed by atoms with Crippen LogP contribution in [-0.4, -0.2) is 29.9 Å². The Morgan fingerprint density at radius 2 is 0.957 bits per heavy atom. The normalized spacial score (nSPS) is 10.9. The topological polar surface area (TPSA) is 88.1 Å². The van der Waals surface area contributed by atoms with Gasteiger partial charge < -0.3 is 14.2 Å². The first kappa shape index (κ1) is 30.8. The Labute approximate surface area is 275 Å². The number of hydrogen-bond acceptors (Lipinski definition) is 7. The van der Waals surface area contributed by atoms with Gasteiger partial charge in [0, 0.05) is 0 Å². The van der Waals surface area contributed by atoms with Crippen LogP contribution in [0.1, 0.15) is 36.6 Å². The molecule has 0 bridgehead atoms. The Bertz CT molecular complexity index is 2120. The van der Waals surface area contributed by atoms with Crippen LogP contribution in [0, 0.1) is 10.5 Å². The van der Waals surface area contributed by atoms with E-state index in [1.165, 1.54) is 3.57 Å². The van der Waals surface area contributed by atoms with Crippen molar-refractivity contribution >= 4 is 39.5 Å². The molecule has 0 spiro atoms. The Balaban J connectivity index is 1.12. The third-order valence-corrected chi connectivity index (χ3v) is 9.32. The SMILES string of the molecule is COc1ccc(C(=O)Oc2ccc3cc(C(=O)Oc4ccc5cc(C(=O)Oc6ccc([I-]C)cc6C)ccc5c4)ccc3c2)cc1. The molecule has 8 heteroatoms. The van der Waals surface area contributed by atoms with Gasteiger partial charge >= 0.3 is 152 Å². The van der Waals surface area contributed by atoms with Crippen molar-refractivity contribution < 1.29 is 54.5 Å². The van der Waals surface area contributed by atoms with Gasteiger partial charge in [-0.3, -0.25) is 0 Å². The number of esters is 3. The van der Waals surface area contributed by atoms with Crippen molar-refractivity contribution in [2.24, 2.45) is 0 Å². The van der Waals surface area contributed by atoms with E-state index in [1.54, 1.807) is 104 Å². The summed E-state index contributed by atoms with van der Waals surface area (Å²) < 4.78 is 23.3. The number of rotatable bonds is 8. The number of aryl methyl sites for hydroxylation is 1. The minimum absolute atomic E-state index is 0.0354. The molecule has 0 fully saturated rings. The maximum absolute atomic E-state index is 13.0. The van der Waals surface area contributed by atoms with Crippen LogP contribution in [0.3, 0.4) is 0 Å². The second-order valence-electron chi connectivity index (χ2n) is 10.4. The molecule has 0 saturated carbocycles. The molecule has 6 aromatic carbocycles. The van der Waals surface area contributed by atoms with Gasteiger partial charge in [0.1, 0.15) is 11.5 Å². The van der Waals surface area contributed by atoms with E-state index in [0.717, 1.165) is 27.1 Å². The fourth-order valence-corrected chi connectivity index (χ4v) is 6.21. The first-order valence-corrected chi connectivity index (χ1v) is 17.5. The summed E-state index contributed by atoms with van der Waals surface area (Å²) in [5.41, 5.74) is 2.14. The van der Waals surface area contributed by atoms with E-state index >= 15 is 0 Å². The number of carbonyl (C=O) groups is 3. The van der Waals surface area contributed by atoms with Gasteiger partial charge in [0.2, 0.25) is 0 Å². The van der Waals surface area contributed by atoms with Gasteiger partial charge in [0.25, 0.3) is 0 Å². The van der Waals surface area contributed by atoms with Gasteiger partial charge in [0.05, 0.1) is 18.2 Å². The molecule has 0 N–H and O–H groups in total. The number of benzene rings is 6. The quantitative estimate of drug-likeness (QED) is 0.0961. The van der Waals surface area contributed by atoms with E-state index in [0.29, 0.717) is 39.7 Å². The fraction of sp³-hybridized carbons (Fsp3) is 0.0789. The molecule has 0 amide bonds. The molecule has 0 aliphatic heterocycles. The summed E-state index contributed by atoms with van der Waals surface area (Å²) in [5, 5.41) is 3.20. The zero-order chi connectivity index (χ0) is 32.2. The molecule has 0 aromatic heterocycles. The monoisotopic (exact) mass is 723 g/mol. The molecule has 0 atom stereocenters. The smallest absolute Gasteiger partial charge is 0.0113 e. The molecule has 0 saturated heterocycles. The van der Waals surface area contributed by atoms with Crippen LogP contribution in [0.5, 0.6) is 23.0 Å². The number of alkyl halides is 1. The summed E-state index contributed by atoms with van der Waals surface area (Å²) in [7, 11) is 1.56. The predicted molar refractivity (Wildman–Crippen MR) is 172 cm³/mol. The molecule has 0 aliphatic rings. The van der Waals surface area contributed by atoms with Crippen LogP contribution < -0.4 is 40.2 Å². The van der Waals surface area contributed by atoms with Crippen LogP contribution in [0.4, 0.5) is 0 Å². The number of hydrogen-bond donors (Lipinski definition) is 0. The molecule has 230 valence electrons. The Kier molecular flexibility index (Phi) is 8.98.